The van der Waals surface area contributed by atoms with Gasteiger partial charge >= 0.3 is 0 Å². The number of halogens is 1. The van der Waals surface area contributed by atoms with E-state index in [1.165, 1.54) is 36.0 Å². The Morgan fingerprint density at radius 1 is 0.865 bits per heavy atom. The first-order valence-electron chi connectivity index (χ1n) is 13.9. The third kappa shape index (κ3) is 7.48. The second-order valence-corrected chi connectivity index (χ2v) is 10.9. The highest BCUT2D eigenvalue weighted by molar-refractivity contribution is 5.65. The summed E-state index contributed by atoms with van der Waals surface area (Å²) in [6.45, 7) is 10.0. The summed E-state index contributed by atoms with van der Waals surface area (Å²) in [6.07, 6.45) is 3.71. The van der Waals surface area contributed by atoms with Crippen LogP contribution in [-0.2, 0) is 26.1 Å². The average Bonchev–Trinajstić information content (AvgIpc) is 2.91. The Kier molecular flexibility index (Phi) is 9.01. The Morgan fingerprint density at radius 3 is 2.46 bits per heavy atom. The van der Waals surface area contributed by atoms with Gasteiger partial charge < -0.3 is 16.0 Å². The number of nitrogens with one attached hydrogen (secondary N) is 3. The van der Waals surface area contributed by atoms with E-state index in [-0.39, 0.29) is 5.82 Å². The van der Waals surface area contributed by atoms with Crippen LogP contribution in [0.25, 0.3) is 11.1 Å². The molecule has 37 heavy (non-hydrogen) atoms. The summed E-state index contributed by atoms with van der Waals surface area (Å²) in [7, 11) is 0. The van der Waals surface area contributed by atoms with Gasteiger partial charge in [0.25, 0.3) is 0 Å². The Hall–Kier alpha value is -2.57. The molecule has 196 valence electrons. The largest absolute Gasteiger partial charge is 0.317 e. The number of nitrogens with zero attached hydrogens (tertiary/aromatic N) is 1. The minimum absolute atomic E-state index is 0.165. The van der Waals surface area contributed by atoms with Gasteiger partial charge in [0.05, 0.1) is 0 Å². The van der Waals surface area contributed by atoms with E-state index in [2.05, 4.69) is 70.2 Å². The van der Waals surface area contributed by atoms with E-state index < -0.39 is 0 Å². The molecule has 2 aliphatic heterocycles. The van der Waals surface area contributed by atoms with Crippen LogP contribution in [0.15, 0.2) is 66.7 Å². The van der Waals surface area contributed by atoms with E-state index in [1.807, 2.05) is 18.2 Å². The molecule has 2 saturated heterocycles. The van der Waals surface area contributed by atoms with Crippen molar-refractivity contribution < 1.29 is 4.39 Å². The zero-order chi connectivity index (χ0) is 25.5. The monoisotopic (exact) mass is 500 g/mol. The molecule has 3 aromatic carbocycles. The molecule has 3 N–H and O–H groups in total. The van der Waals surface area contributed by atoms with E-state index in [4.69, 9.17) is 0 Å². The molecular formula is C32H41FN4. The summed E-state index contributed by atoms with van der Waals surface area (Å²) >= 11 is 0. The maximum atomic E-state index is 14.9. The fraction of sp³-hybridized carbons (Fsp3) is 0.438. The second kappa shape index (κ2) is 12.8. The van der Waals surface area contributed by atoms with Crippen molar-refractivity contribution in [1.29, 1.82) is 0 Å². The summed E-state index contributed by atoms with van der Waals surface area (Å²) in [4.78, 5) is 2.47. The van der Waals surface area contributed by atoms with Crippen molar-refractivity contribution in [3.8, 4) is 11.1 Å². The third-order valence-corrected chi connectivity index (χ3v) is 7.76. The fourth-order valence-electron chi connectivity index (χ4n) is 5.79. The fourth-order valence-corrected chi connectivity index (χ4v) is 5.79. The van der Waals surface area contributed by atoms with E-state index in [0.717, 1.165) is 62.9 Å². The van der Waals surface area contributed by atoms with Crippen LogP contribution < -0.4 is 16.0 Å². The molecule has 5 rings (SSSR count). The Morgan fingerprint density at radius 2 is 1.62 bits per heavy atom. The van der Waals surface area contributed by atoms with Crippen LogP contribution in [0.3, 0.4) is 0 Å². The summed E-state index contributed by atoms with van der Waals surface area (Å²) in [6, 6.07) is 23.4. The minimum atomic E-state index is -0.165. The van der Waals surface area contributed by atoms with Gasteiger partial charge in [-0.15, -0.1) is 0 Å². The summed E-state index contributed by atoms with van der Waals surface area (Å²) in [5.74, 6) is 0.628. The molecular weight excluding hydrogens is 459 g/mol. The smallest absolute Gasteiger partial charge is 0.131 e. The Labute approximate surface area is 221 Å². The van der Waals surface area contributed by atoms with E-state index in [1.54, 1.807) is 6.07 Å². The highest BCUT2D eigenvalue weighted by atomic mass is 19.1. The highest BCUT2D eigenvalue weighted by Gasteiger charge is 2.16. The lowest BCUT2D eigenvalue weighted by Gasteiger charge is -2.31. The molecule has 0 radical (unpaired) electrons. The molecule has 0 aliphatic carbocycles. The lowest BCUT2D eigenvalue weighted by Crippen LogP contribution is -2.48. The Balaban J connectivity index is 1.19. The average molecular weight is 501 g/mol. The van der Waals surface area contributed by atoms with Crippen molar-refractivity contribution >= 4 is 0 Å². The maximum absolute atomic E-state index is 14.9. The van der Waals surface area contributed by atoms with Gasteiger partial charge in [-0.05, 0) is 91.2 Å². The molecule has 0 bridgehead atoms. The van der Waals surface area contributed by atoms with Crippen molar-refractivity contribution in [3.63, 3.8) is 0 Å². The predicted molar refractivity (Wildman–Crippen MR) is 151 cm³/mol. The van der Waals surface area contributed by atoms with Gasteiger partial charge in [0.2, 0.25) is 0 Å². The van der Waals surface area contributed by atoms with Crippen molar-refractivity contribution in [2.45, 2.75) is 51.9 Å². The highest BCUT2D eigenvalue weighted by Crippen LogP contribution is 2.26. The molecule has 5 heteroatoms. The van der Waals surface area contributed by atoms with Gasteiger partial charge in [-0.3, -0.25) is 4.90 Å². The van der Waals surface area contributed by atoms with E-state index in [9.17, 15) is 4.39 Å². The molecule has 2 aliphatic rings. The molecule has 0 aromatic heterocycles. The molecule has 4 nitrogen and oxygen atoms in total. The zero-order valence-corrected chi connectivity index (χ0v) is 22.1. The van der Waals surface area contributed by atoms with Crippen molar-refractivity contribution in [2.24, 2.45) is 5.92 Å². The van der Waals surface area contributed by atoms with E-state index in [0.29, 0.717) is 18.2 Å². The van der Waals surface area contributed by atoms with Crippen LogP contribution in [-0.4, -0.2) is 43.7 Å². The summed E-state index contributed by atoms with van der Waals surface area (Å²) in [5, 5.41) is 10.5. The summed E-state index contributed by atoms with van der Waals surface area (Å²) in [5.41, 5.74) is 6.71. The van der Waals surface area contributed by atoms with Crippen molar-refractivity contribution in [2.75, 3.05) is 32.7 Å². The van der Waals surface area contributed by atoms with Crippen LogP contribution >= 0.6 is 0 Å². The van der Waals surface area contributed by atoms with Crippen LogP contribution in [0.4, 0.5) is 4.39 Å². The van der Waals surface area contributed by atoms with Crippen molar-refractivity contribution in [3.05, 3.63) is 94.8 Å². The normalized spacial score (nSPS) is 19.2. The van der Waals surface area contributed by atoms with Crippen LogP contribution in [0.1, 0.15) is 42.0 Å². The lowest BCUT2D eigenvalue weighted by atomic mass is 9.90. The molecule has 2 fully saturated rings. The molecule has 0 spiro atoms. The van der Waals surface area contributed by atoms with Crippen LogP contribution in [0.5, 0.6) is 0 Å². The maximum Gasteiger partial charge on any atom is 0.131 e. The minimum Gasteiger partial charge on any atom is -0.317 e. The van der Waals surface area contributed by atoms with Gasteiger partial charge in [-0.1, -0.05) is 48.5 Å². The zero-order valence-electron chi connectivity index (χ0n) is 22.1. The number of rotatable bonds is 9. The molecule has 0 saturated carbocycles. The SMILES string of the molecule is CC1CN(Cc2cccc(-c3cc(CNCc4cccc(CC5CCNCC5)c4)ccc3F)c2)CCN1. The molecule has 1 unspecified atom stereocenters. The van der Waals surface area contributed by atoms with E-state index >= 15 is 0 Å². The number of hydrogen-bond acceptors (Lipinski definition) is 4. The molecule has 1 atom stereocenters. The molecule has 3 aromatic rings. The van der Waals surface area contributed by atoms with Gasteiger partial charge in [-0.25, -0.2) is 4.39 Å². The first-order valence-corrected chi connectivity index (χ1v) is 13.9. The number of piperidine rings is 1. The first-order chi connectivity index (χ1) is 18.1. The topological polar surface area (TPSA) is 39.3 Å². The van der Waals surface area contributed by atoms with Crippen molar-refractivity contribution in [1.82, 2.24) is 20.9 Å². The molecule has 2 heterocycles. The van der Waals surface area contributed by atoms with Gasteiger partial charge in [0.15, 0.2) is 0 Å². The standard InChI is InChI=1S/C32H41FN4/c1-24-22-37(15-14-36-24)23-29-6-3-7-30(18-29)31-19-28(8-9-32(31)33)21-35-20-27-5-2-4-26(17-27)16-25-10-12-34-13-11-25/h2-9,17-19,24-25,34-36H,10-16,20-23H2,1H3. The van der Waals surface area contributed by atoms with Crippen LogP contribution in [0, 0.1) is 11.7 Å². The van der Waals surface area contributed by atoms with Gasteiger partial charge in [0.1, 0.15) is 5.82 Å². The van der Waals surface area contributed by atoms with Crippen LogP contribution in [0.2, 0.25) is 0 Å². The number of piperazine rings is 1. The number of hydrogen-bond donors (Lipinski definition) is 3. The second-order valence-electron chi connectivity index (χ2n) is 10.9. The van der Waals surface area contributed by atoms with Gasteiger partial charge in [-0.2, -0.15) is 0 Å². The Bertz CT molecular complexity index is 1160. The number of benzene rings is 3. The summed E-state index contributed by atoms with van der Waals surface area (Å²) < 4.78 is 14.9. The van der Waals surface area contributed by atoms with Gasteiger partial charge in [0, 0.05) is 50.9 Å². The lowest BCUT2D eigenvalue weighted by molar-refractivity contribution is 0.199. The quantitative estimate of drug-likeness (QED) is 0.382. The predicted octanol–water partition coefficient (Wildman–Crippen LogP) is 5.12. The molecule has 0 amide bonds. The first kappa shape index (κ1) is 26.1. The third-order valence-electron chi connectivity index (χ3n) is 7.76.